The van der Waals surface area contributed by atoms with E-state index in [0.29, 0.717) is 28.7 Å². The van der Waals surface area contributed by atoms with E-state index >= 15 is 0 Å². The number of halogens is 1. The highest BCUT2D eigenvalue weighted by Crippen LogP contribution is 2.18. The van der Waals surface area contributed by atoms with Gasteiger partial charge in [0.1, 0.15) is 5.82 Å². The summed E-state index contributed by atoms with van der Waals surface area (Å²) >= 11 is 0. The van der Waals surface area contributed by atoms with Gasteiger partial charge in [0.15, 0.2) is 11.6 Å². The molecule has 0 fully saturated rings. The Bertz CT molecular complexity index is 1030. The lowest BCUT2D eigenvalue weighted by molar-refractivity contribution is -0.130. The molecule has 0 spiro atoms. The first-order valence-electron chi connectivity index (χ1n) is 8.52. The fraction of sp³-hybridized carbons (Fsp3) is 0.250. The van der Waals surface area contributed by atoms with Gasteiger partial charge in [-0.2, -0.15) is 0 Å². The van der Waals surface area contributed by atoms with Crippen molar-refractivity contribution in [3.05, 3.63) is 70.0 Å². The van der Waals surface area contributed by atoms with Crippen LogP contribution in [0.5, 0.6) is 5.75 Å². The molecule has 1 heterocycles. The number of benzene rings is 2. The molecule has 0 atom stereocenters. The molecule has 0 aliphatic heterocycles. The number of carbonyl (C=O) groups is 1. The standard InChI is InChI=1S/C20H20FN3O3/c1-24(12-13-7-8-17(27-2)15(21)11-13)19(25)10-9-18-22-16-6-4-3-5-14(16)20(26)23-18/h3-8,11H,9-10,12H2,1-2H3,(H,22,23,26). The van der Waals surface area contributed by atoms with Gasteiger partial charge in [-0.25, -0.2) is 9.37 Å². The third kappa shape index (κ3) is 4.31. The van der Waals surface area contributed by atoms with Crippen molar-refractivity contribution in [3.8, 4) is 5.75 Å². The van der Waals surface area contributed by atoms with Crippen molar-refractivity contribution in [2.75, 3.05) is 14.2 Å². The van der Waals surface area contributed by atoms with Gasteiger partial charge in [0.2, 0.25) is 5.91 Å². The molecule has 3 rings (SSSR count). The molecule has 140 valence electrons. The second-order valence-corrected chi connectivity index (χ2v) is 6.25. The van der Waals surface area contributed by atoms with E-state index in [-0.39, 0.29) is 30.2 Å². The minimum atomic E-state index is -0.464. The van der Waals surface area contributed by atoms with Crippen LogP contribution in [0, 0.1) is 5.82 Å². The fourth-order valence-corrected chi connectivity index (χ4v) is 2.84. The Morgan fingerprint density at radius 2 is 2.04 bits per heavy atom. The third-order valence-corrected chi connectivity index (χ3v) is 4.30. The van der Waals surface area contributed by atoms with Gasteiger partial charge < -0.3 is 14.6 Å². The number of hydrogen-bond donors (Lipinski definition) is 1. The highest BCUT2D eigenvalue weighted by Gasteiger charge is 2.12. The topological polar surface area (TPSA) is 75.3 Å². The normalized spacial score (nSPS) is 10.8. The summed E-state index contributed by atoms with van der Waals surface area (Å²) in [4.78, 5) is 33.1. The lowest BCUT2D eigenvalue weighted by Crippen LogP contribution is -2.27. The van der Waals surface area contributed by atoms with E-state index in [1.165, 1.54) is 24.1 Å². The number of amides is 1. The molecular weight excluding hydrogens is 349 g/mol. The van der Waals surface area contributed by atoms with E-state index in [0.717, 1.165) is 0 Å². The lowest BCUT2D eigenvalue weighted by atomic mass is 10.2. The van der Waals surface area contributed by atoms with Crippen LogP contribution in [0.25, 0.3) is 10.9 Å². The third-order valence-electron chi connectivity index (χ3n) is 4.30. The van der Waals surface area contributed by atoms with Gasteiger partial charge in [-0.3, -0.25) is 9.59 Å². The van der Waals surface area contributed by atoms with E-state index in [4.69, 9.17) is 4.74 Å². The van der Waals surface area contributed by atoms with Gasteiger partial charge in [-0.1, -0.05) is 18.2 Å². The number of nitrogens with zero attached hydrogens (tertiary/aromatic N) is 2. The zero-order chi connectivity index (χ0) is 19.4. The molecule has 0 aliphatic carbocycles. The number of aromatic amines is 1. The minimum Gasteiger partial charge on any atom is -0.494 e. The Balaban J connectivity index is 1.63. The molecule has 0 saturated carbocycles. The molecule has 0 aliphatic rings. The average molecular weight is 369 g/mol. The molecule has 0 bridgehead atoms. The molecule has 1 amide bonds. The summed E-state index contributed by atoms with van der Waals surface area (Å²) in [6.07, 6.45) is 0.511. The van der Waals surface area contributed by atoms with Crippen molar-refractivity contribution in [2.24, 2.45) is 0 Å². The molecule has 0 unspecified atom stereocenters. The summed E-state index contributed by atoms with van der Waals surface area (Å²) in [5.41, 5.74) is 1.05. The summed E-state index contributed by atoms with van der Waals surface area (Å²) in [6, 6.07) is 11.7. The molecule has 0 saturated heterocycles. The largest absolute Gasteiger partial charge is 0.494 e. The number of rotatable bonds is 6. The van der Waals surface area contributed by atoms with Crippen LogP contribution in [0.4, 0.5) is 4.39 Å². The van der Waals surface area contributed by atoms with Crippen LogP contribution in [-0.4, -0.2) is 34.9 Å². The van der Waals surface area contributed by atoms with E-state index in [2.05, 4.69) is 9.97 Å². The van der Waals surface area contributed by atoms with E-state index in [1.54, 1.807) is 31.3 Å². The summed E-state index contributed by atoms with van der Waals surface area (Å²) in [7, 11) is 3.06. The van der Waals surface area contributed by atoms with Crippen molar-refractivity contribution in [1.82, 2.24) is 14.9 Å². The predicted molar refractivity (Wildman–Crippen MR) is 100 cm³/mol. The van der Waals surface area contributed by atoms with Crippen LogP contribution in [-0.2, 0) is 17.8 Å². The van der Waals surface area contributed by atoms with Crippen molar-refractivity contribution >= 4 is 16.8 Å². The van der Waals surface area contributed by atoms with Crippen LogP contribution in [0.3, 0.4) is 0 Å². The van der Waals surface area contributed by atoms with Crippen molar-refractivity contribution in [1.29, 1.82) is 0 Å². The number of carbonyl (C=O) groups excluding carboxylic acids is 1. The predicted octanol–water partition coefficient (Wildman–Crippen LogP) is 2.66. The highest BCUT2D eigenvalue weighted by atomic mass is 19.1. The number of H-pyrrole nitrogens is 1. The first-order chi connectivity index (χ1) is 13.0. The average Bonchev–Trinajstić information content (AvgIpc) is 2.66. The molecule has 6 nitrogen and oxygen atoms in total. The smallest absolute Gasteiger partial charge is 0.258 e. The van der Waals surface area contributed by atoms with Crippen molar-refractivity contribution in [3.63, 3.8) is 0 Å². The van der Waals surface area contributed by atoms with Gasteiger partial charge in [0.05, 0.1) is 18.0 Å². The molecule has 1 N–H and O–H groups in total. The molecule has 1 aromatic heterocycles. The number of fused-ring (bicyclic) bond motifs is 1. The first-order valence-corrected chi connectivity index (χ1v) is 8.52. The summed E-state index contributed by atoms with van der Waals surface area (Å²) in [6.45, 7) is 0.279. The zero-order valence-corrected chi connectivity index (χ0v) is 15.2. The van der Waals surface area contributed by atoms with E-state index < -0.39 is 5.82 Å². The maximum absolute atomic E-state index is 13.8. The maximum atomic E-state index is 13.8. The Morgan fingerprint density at radius 1 is 1.26 bits per heavy atom. The monoisotopic (exact) mass is 369 g/mol. The Hall–Kier alpha value is -3.22. The first kappa shape index (κ1) is 18.6. The van der Waals surface area contributed by atoms with Crippen LogP contribution in [0.1, 0.15) is 17.8 Å². The summed E-state index contributed by atoms with van der Waals surface area (Å²) in [5, 5.41) is 0.520. The molecule has 2 aromatic carbocycles. The highest BCUT2D eigenvalue weighted by molar-refractivity contribution is 5.78. The molecule has 3 aromatic rings. The van der Waals surface area contributed by atoms with Crippen molar-refractivity contribution < 1.29 is 13.9 Å². The van der Waals surface area contributed by atoms with Crippen molar-refractivity contribution in [2.45, 2.75) is 19.4 Å². The number of ether oxygens (including phenoxy) is 1. The second kappa shape index (κ2) is 7.99. The van der Waals surface area contributed by atoms with Gasteiger partial charge in [0.25, 0.3) is 5.56 Å². The number of nitrogens with one attached hydrogen (secondary N) is 1. The second-order valence-electron chi connectivity index (χ2n) is 6.25. The Morgan fingerprint density at radius 3 is 2.78 bits per heavy atom. The quantitative estimate of drug-likeness (QED) is 0.725. The van der Waals surface area contributed by atoms with Crippen LogP contribution >= 0.6 is 0 Å². The van der Waals surface area contributed by atoms with E-state index in [9.17, 15) is 14.0 Å². The number of hydrogen-bond acceptors (Lipinski definition) is 4. The van der Waals surface area contributed by atoms with Gasteiger partial charge >= 0.3 is 0 Å². The van der Waals surface area contributed by atoms with E-state index in [1.807, 2.05) is 6.07 Å². The minimum absolute atomic E-state index is 0.123. The number of para-hydroxylation sites is 1. The number of aromatic nitrogens is 2. The molecular formula is C20H20FN3O3. The Kier molecular flexibility index (Phi) is 5.49. The zero-order valence-electron chi connectivity index (χ0n) is 15.2. The Labute approximate surface area is 155 Å². The number of aryl methyl sites for hydroxylation is 1. The molecule has 0 radical (unpaired) electrons. The van der Waals surface area contributed by atoms with Gasteiger partial charge in [-0.05, 0) is 29.8 Å². The van der Waals surface area contributed by atoms with Gasteiger partial charge in [-0.15, -0.1) is 0 Å². The van der Waals surface area contributed by atoms with Crippen LogP contribution < -0.4 is 10.3 Å². The molecule has 7 heteroatoms. The lowest BCUT2D eigenvalue weighted by Gasteiger charge is -2.17. The number of methoxy groups -OCH3 is 1. The fourth-order valence-electron chi connectivity index (χ4n) is 2.84. The summed E-state index contributed by atoms with van der Waals surface area (Å²) in [5.74, 6) is 0.0471. The maximum Gasteiger partial charge on any atom is 0.258 e. The summed E-state index contributed by atoms with van der Waals surface area (Å²) < 4.78 is 18.7. The van der Waals surface area contributed by atoms with Crippen LogP contribution in [0.2, 0.25) is 0 Å². The SMILES string of the molecule is COc1ccc(CN(C)C(=O)CCc2nc3ccccc3c(=O)[nH]2)cc1F. The van der Waals surface area contributed by atoms with Gasteiger partial charge in [0, 0.05) is 26.4 Å². The van der Waals surface area contributed by atoms with Crippen LogP contribution in [0.15, 0.2) is 47.3 Å². The molecule has 27 heavy (non-hydrogen) atoms.